The topological polar surface area (TPSA) is 66.4 Å². The van der Waals surface area contributed by atoms with Crippen molar-refractivity contribution in [2.75, 3.05) is 19.1 Å². The standard InChI is InChI=1S/C10H15OS.C7H8O3S/c1-4-11-9-5-7-10(8-6-9)12(2)3;1-6-2-4-7(5-3-6)11(8,9)10/h5-8H,4H2,1-3H3;2-5H,1H3,(H,8,9,10)/q+1;/p-1. The van der Waals surface area contributed by atoms with Crippen LogP contribution in [0.4, 0.5) is 0 Å². The quantitative estimate of drug-likeness (QED) is 0.624. The second-order valence-electron chi connectivity index (χ2n) is 4.99. The van der Waals surface area contributed by atoms with Crippen LogP contribution in [0.3, 0.4) is 0 Å². The molecule has 0 heterocycles. The van der Waals surface area contributed by atoms with Crippen LogP contribution in [0.1, 0.15) is 12.5 Å². The Hall–Kier alpha value is -1.50. The summed E-state index contributed by atoms with van der Waals surface area (Å²) in [6, 6.07) is 14.1. The molecule has 4 nitrogen and oxygen atoms in total. The Kier molecular flexibility index (Phi) is 7.61. The van der Waals surface area contributed by atoms with E-state index in [1.54, 1.807) is 12.1 Å². The van der Waals surface area contributed by atoms with Crippen LogP contribution in [0.5, 0.6) is 5.75 Å². The third-order valence-electron chi connectivity index (χ3n) is 2.92. The normalized spacial score (nSPS) is 10.9. The first kappa shape index (κ1) is 19.5. The van der Waals surface area contributed by atoms with Gasteiger partial charge in [0.2, 0.25) is 0 Å². The zero-order valence-electron chi connectivity index (χ0n) is 13.8. The Morgan fingerprint density at radius 2 is 1.52 bits per heavy atom. The second kappa shape index (κ2) is 8.96. The van der Waals surface area contributed by atoms with Gasteiger partial charge in [0.05, 0.1) is 11.5 Å². The number of hydrogen-bond acceptors (Lipinski definition) is 4. The molecule has 0 spiro atoms. The minimum Gasteiger partial charge on any atom is -0.744 e. The highest BCUT2D eigenvalue weighted by Crippen LogP contribution is 2.15. The first-order valence-electron chi connectivity index (χ1n) is 7.07. The summed E-state index contributed by atoms with van der Waals surface area (Å²) in [6.45, 7) is 4.56. The van der Waals surface area contributed by atoms with E-state index in [0.29, 0.717) is 10.9 Å². The summed E-state index contributed by atoms with van der Waals surface area (Å²) in [5.41, 5.74) is 0.928. The lowest BCUT2D eigenvalue weighted by Crippen LogP contribution is -1.97. The molecule has 2 aromatic rings. The van der Waals surface area contributed by atoms with Crippen LogP contribution >= 0.6 is 0 Å². The monoisotopic (exact) mass is 354 g/mol. The van der Waals surface area contributed by atoms with Gasteiger partial charge < -0.3 is 9.29 Å². The zero-order valence-corrected chi connectivity index (χ0v) is 15.4. The van der Waals surface area contributed by atoms with Crippen molar-refractivity contribution >= 4 is 21.0 Å². The summed E-state index contributed by atoms with van der Waals surface area (Å²) < 4.78 is 36.5. The Morgan fingerprint density at radius 3 is 1.91 bits per heavy atom. The molecule has 0 unspecified atom stereocenters. The van der Waals surface area contributed by atoms with Crippen LogP contribution in [-0.4, -0.2) is 32.1 Å². The van der Waals surface area contributed by atoms with Crippen LogP contribution in [-0.2, 0) is 21.0 Å². The molecule has 0 aromatic heterocycles. The molecule has 0 radical (unpaired) electrons. The number of ether oxygens (including phenoxy) is 1. The molecule has 0 aliphatic heterocycles. The van der Waals surface area contributed by atoms with Crippen molar-refractivity contribution in [2.24, 2.45) is 0 Å². The van der Waals surface area contributed by atoms with E-state index in [1.807, 2.05) is 26.0 Å². The maximum absolute atomic E-state index is 10.4. The Bertz CT molecular complexity index is 690. The molecular weight excluding hydrogens is 332 g/mol. The molecule has 0 aliphatic carbocycles. The predicted molar refractivity (Wildman–Crippen MR) is 94.2 cm³/mol. The maximum atomic E-state index is 10.4. The van der Waals surface area contributed by atoms with Gasteiger partial charge in [-0.15, -0.1) is 0 Å². The molecule has 0 N–H and O–H groups in total. The minimum atomic E-state index is -4.27. The third kappa shape index (κ3) is 7.07. The van der Waals surface area contributed by atoms with Gasteiger partial charge in [0.25, 0.3) is 0 Å². The molecule has 0 saturated heterocycles. The average Bonchev–Trinajstić information content (AvgIpc) is 2.48. The molecule has 0 atom stereocenters. The first-order valence-corrected chi connectivity index (χ1v) is 10.5. The third-order valence-corrected chi connectivity index (χ3v) is 4.98. The summed E-state index contributed by atoms with van der Waals surface area (Å²) in [4.78, 5) is 1.21. The Balaban J connectivity index is 0.000000231. The van der Waals surface area contributed by atoms with E-state index < -0.39 is 10.1 Å². The molecule has 0 amide bonds. The smallest absolute Gasteiger partial charge is 0.154 e. The second-order valence-corrected chi connectivity index (χ2v) is 8.47. The number of aryl methyl sites for hydroxylation is 1. The minimum absolute atomic E-state index is 0.178. The summed E-state index contributed by atoms with van der Waals surface area (Å²) in [5.74, 6) is 0.965. The summed E-state index contributed by atoms with van der Waals surface area (Å²) in [7, 11) is -3.92. The molecular formula is C17H22O4S2. The largest absolute Gasteiger partial charge is 0.744 e. The van der Waals surface area contributed by atoms with Crippen LogP contribution < -0.4 is 4.74 Å². The van der Waals surface area contributed by atoms with Crippen molar-refractivity contribution in [1.29, 1.82) is 0 Å². The summed E-state index contributed by atoms with van der Waals surface area (Å²) in [6.07, 6.45) is 4.44. The van der Waals surface area contributed by atoms with Gasteiger partial charge >= 0.3 is 0 Å². The van der Waals surface area contributed by atoms with Crippen molar-refractivity contribution in [2.45, 2.75) is 23.6 Å². The molecule has 2 aromatic carbocycles. The van der Waals surface area contributed by atoms with Gasteiger partial charge in [-0.1, -0.05) is 17.7 Å². The molecule has 0 saturated carbocycles. The van der Waals surface area contributed by atoms with Crippen LogP contribution in [0, 0.1) is 6.92 Å². The van der Waals surface area contributed by atoms with E-state index in [9.17, 15) is 13.0 Å². The molecule has 0 aliphatic rings. The molecule has 2 rings (SSSR count). The van der Waals surface area contributed by atoms with Gasteiger partial charge in [0.1, 0.15) is 28.4 Å². The van der Waals surface area contributed by atoms with E-state index in [2.05, 4.69) is 24.6 Å². The Labute approximate surface area is 141 Å². The van der Waals surface area contributed by atoms with Gasteiger partial charge in [-0.05, 0) is 50.2 Å². The fraction of sp³-hybridized carbons (Fsp3) is 0.294. The lowest BCUT2D eigenvalue weighted by atomic mass is 10.2. The lowest BCUT2D eigenvalue weighted by Gasteiger charge is -2.05. The summed E-state index contributed by atoms with van der Waals surface area (Å²) in [5, 5.41) is 0. The molecule has 0 fully saturated rings. The van der Waals surface area contributed by atoms with Gasteiger partial charge in [-0.3, -0.25) is 0 Å². The van der Waals surface area contributed by atoms with Gasteiger partial charge in [-0.25, -0.2) is 8.42 Å². The van der Waals surface area contributed by atoms with Crippen molar-refractivity contribution in [3.63, 3.8) is 0 Å². The Morgan fingerprint density at radius 1 is 1.00 bits per heavy atom. The van der Waals surface area contributed by atoms with E-state index in [1.165, 1.54) is 17.0 Å². The van der Waals surface area contributed by atoms with Gasteiger partial charge in [0, 0.05) is 10.9 Å². The molecule has 0 bridgehead atoms. The van der Waals surface area contributed by atoms with E-state index in [0.717, 1.165) is 17.9 Å². The lowest BCUT2D eigenvalue weighted by molar-refractivity contribution is 0.340. The first-order chi connectivity index (χ1) is 10.7. The van der Waals surface area contributed by atoms with Crippen molar-refractivity contribution < 1.29 is 17.7 Å². The highest BCUT2D eigenvalue weighted by atomic mass is 32.2. The van der Waals surface area contributed by atoms with Crippen LogP contribution in [0.25, 0.3) is 0 Å². The summed E-state index contributed by atoms with van der Waals surface area (Å²) >= 11 is 0. The maximum Gasteiger partial charge on any atom is 0.154 e. The number of benzene rings is 2. The molecule has 6 heteroatoms. The fourth-order valence-electron chi connectivity index (χ4n) is 1.68. The van der Waals surface area contributed by atoms with E-state index in [-0.39, 0.29) is 4.90 Å². The number of hydrogen-bond donors (Lipinski definition) is 0. The fourth-order valence-corrected chi connectivity index (χ4v) is 2.83. The molecule has 23 heavy (non-hydrogen) atoms. The van der Waals surface area contributed by atoms with E-state index >= 15 is 0 Å². The van der Waals surface area contributed by atoms with Crippen LogP contribution in [0.15, 0.2) is 58.3 Å². The van der Waals surface area contributed by atoms with Crippen molar-refractivity contribution in [3.8, 4) is 5.75 Å². The predicted octanol–water partition coefficient (Wildman–Crippen LogP) is 3.22. The average molecular weight is 354 g/mol. The van der Waals surface area contributed by atoms with E-state index in [4.69, 9.17) is 4.74 Å². The van der Waals surface area contributed by atoms with Gasteiger partial charge in [0.15, 0.2) is 4.90 Å². The SMILES string of the molecule is CCOc1ccc([S+](C)C)cc1.Cc1ccc(S(=O)(=O)[O-])cc1. The van der Waals surface area contributed by atoms with Crippen molar-refractivity contribution in [3.05, 3.63) is 54.1 Å². The highest BCUT2D eigenvalue weighted by molar-refractivity contribution is 7.95. The zero-order chi connectivity index (χ0) is 17.5. The van der Waals surface area contributed by atoms with Gasteiger partial charge in [-0.2, -0.15) is 0 Å². The van der Waals surface area contributed by atoms with Crippen LogP contribution in [0.2, 0.25) is 0 Å². The van der Waals surface area contributed by atoms with Crippen molar-refractivity contribution in [1.82, 2.24) is 0 Å². The highest BCUT2D eigenvalue weighted by Gasteiger charge is 2.06. The molecule has 126 valence electrons. The number of rotatable bonds is 4.